The van der Waals surface area contributed by atoms with Crippen LogP contribution >= 0.6 is 11.6 Å². The maximum absolute atomic E-state index is 11.3. The Hall–Kier alpha value is -0.250. The smallest absolute Gasteiger partial charge is 0.288 e. The van der Waals surface area contributed by atoms with E-state index in [-0.39, 0.29) is 0 Å². The second kappa shape index (κ2) is 2.91. The molecule has 0 aliphatic rings. The summed E-state index contributed by atoms with van der Waals surface area (Å²) in [5, 5.41) is 0. The Kier molecular flexibility index (Phi) is 2.82. The normalized spacial score (nSPS) is 14.1. The molecule has 5 heteroatoms. The highest BCUT2D eigenvalue weighted by atomic mass is 35.5. The molecule has 0 rings (SSSR count). The van der Waals surface area contributed by atoms with Gasteiger partial charge in [0.2, 0.25) is 11.4 Å². The van der Waals surface area contributed by atoms with Crippen LogP contribution in [0.2, 0.25) is 0 Å². The van der Waals surface area contributed by atoms with E-state index in [0.717, 1.165) is 0 Å². The van der Waals surface area contributed by atoms with E-state index in [1.807, 2.05) is 0 Å². The van der Waals surface area contributed by atoms with Gasteiger partial charge >= 0.3 is 0 Å². The second-order valence-electron chi connectivity index (χ2n) is 1.00. The summed E-state index contributed by atoms with van der Waals surface area (Å²) in [5.41, 5.74) is -2.57. The molecule has 1 unspecified atom stereocenters. The van der Waals surface area contributed by atoms with E-state index >= 15 is 0 Å². The van der Waals surface area contributed by atoms with E-state index < -0.39 is 17.8 Å². The van der Waals surface area contributed by atoms with Gasteiger partial charge in [0.25, 0.3) is 6.43 Å². The molecule has 0 spiro atoms. The maximum atomic E-state index is 11.3. The minimum atomic E-state index is -3.30. The summed E-state index contributed by atoms with van der Waals surface area (Å²) in [5.74, 6) is -1.88. The van der Waals surface area contributed by atoms with Gasteiger partial charge in [-0.1, -0.05) is 11.6 Å². The van der Waals surface area contributed by atoms with Crippen LogP contribution in [0.1, 0.15) is 0 Å². The number of hydrogen-bond acceptors (Lipinski definition) is 1. The quantitative estimate of drug-likeness (QED) is 0.538. The zero-order chi connectivity index (χ0) is 6.73. The molecular weight excluding hydrogens is 144 g/mol. The van der Waals surface area contributed by atoms with Crippen LogP contribution in [0.4, 0.5) is 13.2 Å². The Morgan fingerprint density at radius 2 is 1.75 bits per heavy atom. The van der Waals surface area contributed by atoms with Gasteiger partial charge in [-0.15, -0.1) is 0 Å². The third kappa shape index (κ3) is 2.16. The number of rotatable bonds is 2. The fourth-order valence-electron chi connectivity index (χ4n) is 0.0952. The minimum Gasteiger partial charge on any atom is -0.288 e. The zero-order valence-electron chi connectivity index (χ0n) is 3.57. The van der Waals surface area contributed by atoms with E-state index in [9.17, 15) is 18.0 Å². The largest absolute Gasteiger partial charge is 0.300 e. The van der Waals surface area contributed by atoms with Crippen molar-refractivity contribution in [1.82, 2.24) is 0 Å². The molecule has 8 heavy (non-hydrogen) atoms. The average molecular weight is 146 g/mol. The lowest BCUT2D eigenvalue weighted by Crippen LogP contribution is -2.17. The number of alkyl halides is 4. The number of carbonyl (C=O) groups is 1. The van der Waals surface area contributed by atoms with Crippen LogP contribution in [0.3, 0.4) is 0 Å². The molecule has 0 aliphatic heterocycles. The van der Waals surface area contributed by atoms with Gasteiger partial charge in [0, 0.05) is 0 Å². The van der Waals surface area contributed by atoms with Crippen molar-refractivity contribution in [2.75, 3.05) is 0 Å². The van der Waals surface area contributed by atoms with Gasteiger partial charge < -0.3 is 0 Å². The maximum Gasteiger partial charge on any atom is 0.300 e. The Balaban J connectivity index is 3.65. The minimum absolute atomic E-state index is 1.88. The summed E-state index contributed by atoms with van der Waals surface area (Å²) < 4.78 is 33.3. The van der Waals surface area contributed by atoms with Gasteiger partial charge in [-0.05, 0) is 0 Å². The molecule has 48 valence electrons. The van der Waals surface area contributed by atoms with Crippen LogP contribution in [-0.4, -0.2) is 17.8 Å². The van der Waals surface area contributed by atoms with Gasteiger partial charge in [0.15, 0.2) is 0 Å². The lowest BCUT2D eigenvalue weighted by molar-refractivity contribution is -0.131. The van der Waals surface area contributed by atoms with E-state index in [2.05, 4.69) is 11.6 Å². The highest BCUT2D eigenvalue weighted by Gasteiger charge is 2.23. The summed E-state index contributed by atoms with van der Waals surface area (Å²) >= 11 is 4.33. The Bertz CT molecular complexity index is 82.5. The van der Waals surface area contributed by atoms with Crippen molar-refractivity contribution in [2.24, 2.45) is 0 Å². The molecule has 0 aliphatic carbocycles. The molecule has 0 aromatic heterocycles. The van der Waals surface area contributed by atoms with Crippen LogP contribution in [0.5, 0.6) is 0 Å². The van der Waals surface area contributed by atoms with Gasteiger partial charge in [-0.2, -0.15) is 0 Å². The van der Waals surface area contributed by atoms with Crippen LogP contribution in [0.15, 0.2) is 0 Å². The summed E-state index contributed by atoms with van der Waals surface area (Å²) in [6.45, 7) is 0. The summed E-state index contributed by atoms with van der Waals surface area (Å²) in [6.07, 6.45) is -3.30. The van der Waals surface area contributed by atoms with E-state index in [1.165, 1.54) is 0 Å². The lowest BCUT2D eigenvalue weighted by atomic mass is 10.5. The first kappa shape index (κ1) is 7.75. The van der Waals surface area contributed by atoms with Crippen molar-refractivity contribution < 1.29 is 18.0 Å². The van der Waals surface area contributed by atoms with Crippen molar-refractivity contribution in [3.05, 3.63) is 0 Å². The molecule has 0 bridgehead atoms. The molecule has 0 heterocycles. The second-order valence-corrected chi connectivity index (χ2v) is 1.39. The number of carbonyl (C=O) groups excluding carboxylic acids is 1. The van der Waals surface area contributed by atoms with Gasteiger partial charge in [-0.25, -0.2) is 13.2 Å². The van der Waals surface area contributed by atoms with E-state index in [0.29, 0.717) is 0 Å². The SMILES string of the molecule is O=C(C(F)F)C(F)Cl. The summed E-state index contributed by atoms with van der Waals surface area (Å²) in [6, 6.07) is 0. The average Bonchev–Trinajstić information content (AvgIpc) is 1.64. The predicted octanol–water partition coefficient (Wildman–Crippen LogP) is 1.35. The van der Waals surface area contributed by atoms with Gasteiger partial charge in [0.1, 0.15) is 0 Å². The van der Waals surface area contributed by atoms with Crippen LogP contribution < -0.4 is 0 Å². The van der Waals surface area contributed by atoms with E-state index in [1.54, 1.807) is 0 Å². The molecular formula is C3H2ClF3O. The van der Waals surface area contributed by atoms with Crippen molar-refractivity contribution >= 4 is 17.4 Å². The molecule has 0 fully saturated rings. The first-order valence-electron chi connectivity index (χ1n) is 1.65. The third-order valence-corrected chi connectivity index (χ3v) is 0.645. The number of hydrogen-bond donors (Lipinski definition) is 0. The highest BCUT2D eigenvalue weighted by molar-refractivity contribution is 6.30. The Morgan fingerprint density at radius 1 is 1.38 bits per heavy atom. The van der Waals surface area contributed by atoms with Crippen molar-refractivity contribution in [3.8, 4) is 0 Å². The third-order valence-electron chi connectivity index (χ3n) is 0.430. The first-order chi connectivity index (χ1) is 3.55. The topological polar surface area (TPSA) is 17.1 Å². The molecule has 0 aromatic rings. The van der Waals surface area contributed by atoms with Crippen LogP contribution in [-0.2, 0) is 4.79 Å². The first-order valence-corrected chi connectivity index (χ1v) is 2.09. The highest BCUT2D eigenvalue weighted by Crippen LogP contribution is 2.05. The van der Waals surface area contributed by atoms with Gasteiger partial charge in [-0.3, -0.25) is 4.79 Å². The molecule has 0 aromatic carbocycles. The zero-order valence-corrected chi connectivity index (χ0v) is 4.33. The molecule has 1 atom stereocenters. The molecule has 0 radical (unpaired) electrons. The predicted molar refractivity (Wildman–Crippen MR) is 21.8 cm³/mol. The van der Waals surface area contributed by atoms with Gasteiger partial charge in [0.05, 0.1) is 0 Å². The molecule has 0 saturated heterocycles. The summed E-state index contributed by atoms with van der Waals surface area (Å²) in [7, 11) is 0. The standard InChI is InChI=1S/C3H2ClF3O/c4-2(5)1(8)3(6)7/h2-3H. The fourth-order valence-corrected chi connectivity index (χ4v) is 0.190. The summed E-state index contributed by atoms with van der Waals surface area (Å²) in [4.78, 5) is 9.59. The van der Waals surface area contributed by atoms with Crippen molar-refractivity contribution in [1.29, 1.82) is 0 Å². The van der Waals surface area contributed by atoms with Crippen molar-refractivity contribution in [3.63, 3.8) is 0 Å². The fraction of sp³-hybridized carbons (Fsp3) is 0.667. The Morgan fingerprint density at radius 3 is 1.75 bits per heavy atom. The lowest BCUT2D eigenvalue weighted by Gasteiger charge is -1.93. The van der Waals surface area contributed by atoms with Crippen molar-refractivity contribution in [2.45, 2.75) is 12.1 Å². The van der Waals surface area contributed by atoms with E-state index in [4.69, 9.17) is 0 Å². The molecule has 0 amide bonds. The monoisotopic (exact) mass is 146 g/mol. The Labute approximate surface area is 48.4 Å². The van der Waals surface area contributed by atoms with Crippen LogP contribution in [0, 0.1) is 0 Å². The molecule has 0 N–H and O–H groups in total. The molecule has 1 nitrogen and oxygen atoms in total. The number of halogens is 4. The number of ketones is 1. The molecule has 0 saturated carbocycles. The number of Topliss-reactive ketones (excluding diaryl/α,β-unsaturated/α-hetero) is 1. The van der Waals surface area contributed by atoms with Crippen LogP contribution in [0.25, 0.3) is 0 Å².